The second kappa shape index (κ2) is 3.85. The van der Waals surface area contributed by atoms with Gasteiger partial charge in [-0.15, -0.1) is 0 Å². The molecular formula is C11H13NO2. The summed E-state index contributed by atoms with van der Waals surface area (Å²) in [4.78, 5) is 0. The van der Waals surface area contributed by atoms with Crippen molar-refractivity contribution in [2.75, 3.05) is 13.2 Å². The van der Waals surface area contributed by atoms with Gasteiger partial charge in [0.25, 0.3) is 0 Å². The quantitative estimate of drug-likeness (QED) is 0.719. The third kappa shape index (κ3) is 1.80. The van der Waals surface area contributed by atoms with Crippen molar-refractivity contribution in [3.63, 3.8) is 0 Å². The van der Waals surface area contributed by atoms with Crippen molar-refractivity contribution >= 4 is 0 Å². The standard InChI is InChI=1S/C11H13NO2/c12-9-11(3-6-13-7-4-11)8-10-2-1-5-14-10/h1-2,5H,3-4,6-8H2. The van der Waals surface area contributed by atoms with E-state index in [0.717, 1.165) is 18.6 Å². The first-order valence-corrected chi connectivity index (χ1v) is 4.86. The van der Waals surface area contributed by atoms with Crippen LogP contribution in [-0.4, -0.2) is 13.2 Å². The zero-order valence-electron chi connectivity index (χ0n) is 8.03. The number of hydrogen-bond acceptors (Lipinski definition) is 3. The monoisotopic (exact) mass is 191 g/mol. The summed E-state index contributed by atoms with van der Waals surface area (Å²) >= 11 is 0. The third-order valence-electron chi connectivity index (χ3n) is 2.78. The maximum atomic E-state index is 9.19. The van der Waals surface area contributed by atoms with Crippen LogP contribution in [0.5, 0.6) is 0 Å². The van der Waals surface area contributed by atoms with E-state index in [4.69, 9.17) is 9.15 Å². The number of hydrogen-bond donors (Lipinski definition) is 0. The minimum atomic E-state index is -0.268. The van der Waals surface area contributed by atoms with Crippen LogP contribution in [0.1, 0.15) is 18.6 Å². The lowest BCUT2D eigenvalue weighted by Crippen LogP contribution is -2.30. The Morgan fingerprint density at radius 2 is 2.21 bits per heavy atom. The maximum Gasteiger partial charge on any atom is 0.105 e. The highest BCUT2D eigenvalue weighted by Crippen LogP contribution is 2.33. The number of nitrogens with zero attached hydrogens (tertiary/aromatic N) is 1. The highest BCUT2D eigenvalue weighted by atomic mass is 16.5. The van der Waals surface area contributed by atoms with Crippen LogP contribution >= 0.6 is 0 Å². The van der Waals surface area contributed by atoms with Gasteiger partial charge in [0.1, 0.15) is 5.76 Å². The van der Waals surface area contributed by atoms with Gasteiger partial charge in [-0.25, -0.2) is 0 Å². The molecule has 0 aromatic carbocycles. The minimum absolute atomic E-state index is 0.268. The fourth-order valence-corrected chi connectivity index (χ4v) is 1.84. The molecule has 1 aliphatic rings. The van der Waals surface area contributed by atoms with Crippen molar-refractivity contribution in [3.8, 4) is 6.07 Å². The summed E-state index contributed by atoms with van der Waals surface area (Å²) in [6, 6.07) is 6.20. The van der Waals surface area contributed by atoms with Crippen molar-refractivity contribution in [2.24, 2.45) is 5.41 Å². The van der Waals surface area contributed by atoms with E-state index in [1.165, 1.54) is 0 Å². The summed E-state index contributed by atoms with van der Waals surface area (Å²) in [5.74, 6) is 0.897. The van der Waals surface area contributed by atoms with Crippen molar-refractivity contribution < 1.29 is 9.15 Å². The zero-order chi connectivity index (χ0) is 9.86. The van der Waals surface area contributed by atoms with Crippen molar-refractivity contribution in [1.82, 2.24) is 0 Å². The molecule has 1 aromatic rings. The van der Waals surface area contributed by atoms with E-state index >= 15 is 0 Å². The van der Waals surface area contributed by atoms with Crippen LogP contribution in [0, 0.1) is 16.7 Å². The van der Waals surface area contributed by atoms with Crippen LogP contribution < -0.4 is 0 Å². The number of furan rings is 1. The Morgan fingerprint density at radius 3 is 2.79 bits per heavy atom. The van der Waals surface area contributed by atoms with Crippen molar-refractivity contribution in [2.45, 2.75) is 19.3 Å². The Balaban J connectivity index is 2.09. The molecule has 14 heavy (non-hydrogen) atoms. The first kappa shape index (κ1) is 9.29. The van der Waals surface area contributed by atoms with E-state index in [9.17, 15) is 5.26 Å². The first-order chi connectivity index (χ1) is 6.85. The Morgan fingerprint density at radius 1 is 1.43 bits per heavy atom. The Hall–Kier alpha value is -1.27. The summed E-state index contributed by atoms with van der Waals surface area (Å²) in [6.45, 7) is 1.38. The second-order valence-electron chi connectivity index (χ2n) is 3.76. The zero-order valence-corrected chi connectivity index (χ0v) is 8.03. The number of nitriles is 1. The molecule has 1 saturated heterocycles. The van der Waals surface area contributed by atoms with Gasteiger partial charge in [-0.1, -0.05) is 0 Å². The van der Waals surface area contributed by atoms with E-state index in [1.807, 2.05) is 12.1 Å². The molecular weight excluding hydrogens is 178 g/mol. The van der Waals surface area contributed by atoms with E-state index in [1.54, 1.807) is 6.26 Å². The predicted octanol–water partition coefficient (Wildman–Crippen LogP) is 2.14. The van der Waals surface area contributed by atoms with Gasteiger partial charge in [-0.05, 0) is 25.0 Å². The molecule has 1 aromatic heterocycles. The smallest absolute Gasteiger partial charge is 0.105 e. The average molecular weight is 191 g/mol. The Bertz CT molecular complexity index is 318. The Labute approximate surface area is 83.3 Å². The molecule has 0 aliphatic carbocycles. The minimum Gasteiger partial charge on any atom is -0.469 e. The molecule has 0 bridgehead atoms. The van der Waals surface area contributed by atoms with Gasteiger partial charge in [-0.2, -0.15) is 5.26 Å². The predicted molar refractivity (Wildman–Crippen MR) is 50.5 cm³/mol. The van der Waals surface area contributed by atoms with Crippen molar-refractivity contribution in [3.05, 3.63) is 24.2 Å². The van der Waals surface area contributed by atoms with E-state index in [2.05, 4.69) is 6.07 Å². The van der Waals surface area contributed by atoms with Gasteiger partial charge in [-0.3, -0.25) is 0 Å². The molecule has 0 saturated carbocycles. The van der Waals surface area contributed by atoms with Crippen LogP contribution in [0.4, 0.5) is 0 Å². The molecule has 0 radical (unpaired) electrons. The largest absolute Gasteiger partial charge is 0.469 e. The van der Waals surface area contributed by atoms with Gasteiger partial charge < -0.3 is 9.15 Å². The molecule has 0 unspecified atom stereocenters. The number of rotatable bonds is 2. The normalized spacial score (nSPS) is 20.2. The molecule has 3 nitrogen and oxygen atoms in total. The highest BCUT2D eigenvalue weighted by Gasteiger charge is 2.33. The molecule has 0 amide bonds. The maximum absolute atomic E-state index is 9.19. The fraction of sp³-hybridized carbons (Fsp3) is 0.545. The molecule has 74 valence electrons. The van der Waals surface area contributed by atoms with Gasteiger partial charge in [0.15, 0.2) is 0 Å². The van der Waals surface area contributed by atoms with Crippen LogP contribution in [-0.2, 0) is 11.2 Å². The molecule has 0 atom stereocenters. The van der Waals surface area contributed by atoms with E-state index < -0.39 is 0 Å². The van der Waals surface area contributed by atoms with Crippen molar-refractivity contribution in [1.29, 1.82) is 5.26 Å². The topological polar surface area (TPSA) is 46.2 Å². The highest BCUT2D eigenvalue weighted by molar-refractivity contribution is 5.10. The lowest BCUT2D eigenvalue weighted by Gasteiger charge is -2.29. The Kier molecular flexibility index (Phi) is 2.55. The summed E-state index contributed by atoms with van der Waals surface area (Å²) in [5, 5.41) is 9.19. The van der Waals surface area contributed by atoms with Gasteiger partial charge in [0.05, 0.1) is 17.7 Å². The SMILES string of the molecule is N#CC1(Cc2ccco2)CCOCC1. The molecule has 1 fully saturated rings. The van der Waals surface area contributed by atoms with Gasteiger partial charge in [0.2, 0.25) is 0 Å². The van der Waals surface area contributed by atoms with Gasteiger partial charge >= 0.3 is 0 Å². The third-order valence-corrected chi connectivity index (χ3v) is 2.78. The van der Waals surface area contributed by atoms with Crippen LogP contribution in [0.2, 0.25) is 0 Å². The molecule has 0 N–H and O–H groups in total. The number of ether oxygens (including phenoxy) is 1. The molecule has 1 aliphatic heterocycles. The summed E-state index contributed by atoms with van der Waals surface area (Å²) < 4.78 is 10.5. The van der Waals surface area contributed by atoms with Crippen LogP contribution in [0.15, 0.2) is 22.8 Å². The fourth-order valence-electron chi connectivity index (χ4n) is 1.84. The van der Waals surface area contributed by atoms with E-state index in [0.29, 0.717) is 19.6 Å². The first-order valence-electron chi connectivity index (χ1n) is 4.86. The lowest BCUT2D eigenvalue weighted by molar-refractivity contribution is 0.0387. The van der Waals surface area contributed by atoms with E-state index in [-0.39, 0.29) is 5.41 Å². The molecule has 0 spiro atoms. The summed E-state index contributed by atoms with van der Waals surface area (Å²) in [6.07, 6.45) is 3.98. The second-order valence-corrected chi connectivity index (χ2v) is 3.76. The summed E-state index contributed by atoms with van der Waals surface area (Å²) in [7, 11) is 0. The molecule has 3 heteroatoms. The van der Waals surface area contributed by atoms with Crippen LogP contribution in [0.25, 0.3) is 0 Å². The van der Waals surface area contributed by atoms with Gasteiger partial charge in [0, 0.05) is 19.6 Å². The summed E-state index contributed by atoms with van der Waals surface area (Å²) in [5.41, 5.74) is -0.268. The van der Waals surface area contributed by atoms with Crippen LogP contribution in [0.3, 0.4) is 0 Å². The molecule has 2 rings (SSSR count). The lowest BCUT2D eigenvalue weighted by atomic mass is 9.78. The molecule has 2 heterocycles. The average Bonchev–Trinajstić information content (AvgIpc) is 2.72.